The molecule has 6 heteroatoms. The normalized spacial score (nSPS) is 11.4. The van der Waals surface area contributed by atoms with E-state index in [4.69, 9.17) is 13.3 Å². The Morgan fingerprint density at radius 1 is 0.455 bits per heavy atom. The second kappa shape index (κ2) is 7.17. The van der Waals surface area contributed by atoms with Gasteiger partial charge in [-0.1, -0.05) is 54.6 Å². The first-order chi connectivity index (χ1) is 16.1. The zero-order valence-corrected chi connectivity index (χ0v) is 17.0. The zero-order valence-electron chi connectivity index (χ0n) is 17.0. The molecule has 0 aliphatic carbocycles. The summed E-state index contributed by atoms with van der Waals surface area (Å²) in [6, 6.07) is 24.2. The standard InChI is InChI=1S/C27H14O6/c28-25-18(13-15-7-1-4-10-20(15)31-25)23-17-9-3-6-12-22(17)33-27(30)24(23)19-14-16-8-2-5-11-21(16)32-26(19)29/h1-14H. The minimum atomic E-state index is -0.751. The van der Waals surface area contributed by atoms with Gasteiger partial charge in [0.1, 0.15) is 16.7 Å². The van der Waals surface area contributed by atoms with Crippen molar-refractivity contribution in [3.63, 3.8) is 0 Å². The molecule has 0 amide bonds. The predicted octanol–water partition coefficient (Wildman–Crippen LogP) is 5.34. The molecule has 0 radical (unpaired) electrons. The fourth-order valence-corrected chi connectivity index (χ4v) is 4.15. The maximum absolute atomic E-state index is 13.2. The Hall–Kier alpha value is -4.71. The van der Waals surface area contributed by atoms with Gasteiger partial charge in [0.25, 0.3) is 0 Å². The third kappa shape index (κ3) is 3.00. The molecule has 6 aromatic rings. The summed E-state index contributed by atoms with van der Waals surface area (Å²) in [5, 5.41) is 1.82. The van der Waals surface area contributed by atoms with Crippen molar-refractivity contribution in [2.45, 2.75) is 0 Å². The number of hydrogen-bond acceptors (Lipinski definition) is 6. The second-order valence-electron chi connectivity index (χ2n) is 7.61. The molecule has 6 nitrogen and oxygen atoms in total. The van der Waals surface area contributed by atoms with Gasteiger partial charge in [-0.3, -0.25) is 0 Å². The Morgan fingerprint density at radius 3 is 1.52 bits per heavy atom. The van der Waals surface area contributed by atoms with E-state index in [1.807, 2.05) is 6.07 Å². The maximum atomic E-state index is 13.2. The lowest BCUT2D eigenvalue weighted by atomic mass is 9.93. The fourth-order valence-electron chi connectivity index (χ4n) is 4.15. The molecule has 0 N–H and O–H groups in total. The van der Waals surface area contributed by atoms with Crippen molar-refractivity contribution in [3.8, 4) is 22.3 Å². The molecule has 6 rings (SSSR count). The predicted molar refractivity (Wildman–Crippen MR) is 125 cm³/mol. The molecule has 0 saturated heterocycles. The lowest BCUT2D eigenvalue weighted by Crippen LogP contribution is -2.15. The summed E-state index contributed by atoms with van der Waals surface area (Å²) in [5.74, 6) is 0. The monoisotopic (exact) mass is 434 g/mol. The largest absolute Gasteiger partial charge is 0.422 e. The van der Waals surface area contributed by atoms with E-state index < -0.39 is 16.9 Å². The number of benzene rings is 3. The highest BCUT2D eigenvalue weighted by Gasteiger charge is 2.24. The highest BCUT2D eigenvalue weighted by Crippen LogP contribution is 2.35. The van der Waals surface area contributed by atoms with Crippen molar-refractivity contribution in [3.05, 3.63) is 116 Å². The van der Waals surface area contributed by atoms with Crippen molar-refractivity contribution < 1.29 is 13.3 Å². The van der Waals surface area contributed by atoms with Crippen LogP contribution in [0.3, 0.4) is 0 Å². The molecule has 33 heavy (non-hydrogen) atoms. The van der Waals surface area contributed by atoms with Crippen LogP contribution in [0.15, 0.2) is 113 Å². The minimum Gasteiger partial charge on any atom is -0.422 e. The fraction of sp³-hybridized carbons (Fsp3) is 0. The van der Waals surface area contributed by atoms with Crippen LogP contribution >= 0.6 is 0 Å². The maximum Gasteiger partial charge on any atom is 0.345 e. The highest BCUT2D eigenvalue weighted by molar-refractivity contribution is 6.02. The van der Waals surface area contributed by atoms with Gasteiger partial charge < -0.3 is 13.3 Å². The van der Waals surface area contributed by atoms with Crippen LogP contribution < -0.4 is 16.9 Å². The molecule has 3 heterocycles. The van der Waals surface area contributed by atoms with Gasteiger partial charge in [0.2, 0.25) is 0 Å². The van der Waals surface area contributed by atoms with E-state index in [0.29, 0.717) is 32.9 Å². The van der Waals surface area contributed by atoms with E-state index in [-0.39, 0.29) is 22.3 Å². The van der Waals surface area contributed by atoms with Crippen LogP contribution in [0.1, 0.15) is 0 Å². The average Bonchev–Trinajstić information content (AvgIpc) is 2.82. The number of fused-ring (bicyclic) bond motifs is 3. The van der Waals surface area contributed by atoms with Crippen LogP contribution in [0.5, 0.6) is 0 Å². The summed E-state index contributed by atoms with van der Waals surface area (Å²) in [5.41, 5.74) is -0.597. The smallest absolute Gasteiger partial charge is 0.345 e. The van der Waals surface area contributed by atoms with E-state index in [9.17, 15) is 14.4 Å². The Kier molecular flexibility index (Phi) is 4.13. The third-order valence-electron chi connectivity index (χ3n) is 5.63. The number of hydrogen-bond donors (Lipinski definition) is 0. The molecule has 0 unspecified atom stereocenters. The first-order valence-corrected chi connectivity index (χ1v) is 10.2. The molecule has 0 fully saturated rings. The summed E-state index contributed by atoms with van der Waals surface area (Å²) in [6.07, 6.45) is 0. The van der Waals surface area contributed by atoms with Crippen molar-refractivity contribution in [2.75, 3.05) is 0 Å². The molecule has 3 aromatic heterocycles. The zero-order chi connectivity index (χ0) is 22.5. The molecule has 0 aliphatic rings. The lowest BCUT2D eigenvalue weighted by molar-refractivity contribution is 0.552. The second-order valence-corrected chi connectivity index (χ2v) is 7.61. The molecule has 0 spiro atoms. The Labute approximate surface area is 184 Å². The van der Waals surface area contributed by atoms with Crippen LogP contribution in [0.2, 0.25) is 0 Å². The Balaban J connectivity index is 1.80. The van der Waals surface area contributed by atoms with Gasteiger partial charge in [-0.15, -0.1) is 0 Å². The van der Waals surface area contributed by atoms with Gasteiger partial charge in [0.05, 0.1) is 16.7 Å². The molecule has 0 bridgehead atoms. The van der Waals surface area contributed by atoms with E-state index >= 15 is 0 Å². The first-order valence-electron chi connectivity index (χ1n) is 10.2. The van der Waals surface area contributed by atoms with E-state index in [0.717, 1.165) is 0 Å². The van der Waals surface area contributed by atoms with Crippen LogP contribution in [-0.4, -0.2) is 0 Å². The summed E-state index contributed by atoms with van der Waals surface area (Å²) in [7, 11) is 0. The first kappa shape index (κ1) is 19.0. The van der Waals surface area contributed by atoms with Gasteiger partial charge >= 0.3 is 16.9 Å². The molecule has 0 saturated carbocycles. The summed E-state index contributed by atoms with van der Waals surface area (Å²) in [6.45, 7) is 0. The SMILES string of the molecule is O=c1oc2ccccc2cc1-c1c(-c2cc3ccccc3oc2=O)c2ccccc2oc1=O. The average molecular weight is 434 g/mol. The molecular weight excluding hydrogens is 420 g/mol. The molecule has 0 atom stereocenters. The van der Waals surface area contributed by atoms with Gasteiger partial charge in [-0.05, 0) is 30.3 Å². The minimum absolute atomic E-state index is 0.00996. The van der Waals surface area contributed by atoms with Crippen LogP contribution in [0.4, 0.5) is 0 Å². The Morgan fingerprint density at radius 2 is 0.909 bits per heavy atom. The van der Waals surface area contributed by atoms with Crippen molar-refractivity contribution in [2.24, 2.45) is 0 Å². The van der Waals surface area contributed by atoms with Gasteiger partial charge in [-0.2, -0.15) is 0 Å². The van der Waals surface area contributed by atoms with Gasteiger partial charge in [-0.25, -0.2) is 14.4 Å². The van der Waals surface area contributed by atoms with Crippen LogP contribution in [-0.2, 0) is 0 Å². The Bertz CT molecular complexity index is 1890. The van der Waals surface area contributed by atoms with Crippen molar-refractivity contribution >= 4 is 32.9 Å². The van der Waals surface area contributed by atoms with Crippen molar-refractivity contribution in [1.82, 2.24) is 0 Å². The molecule has 0 aliphatic heterocycles. The van der Waals surface area contributed by atoms with Crippen molar-refractivity contribution in [1.29, 1.82) is 0 Å². The third-order valence-corrected chi connectivity index (χ3v) is 5.63. The lowest BCUT2D eigenvalue weighted by Gasteiger charge is -2.11. The summed E-state index contributed by atoms with van der Waals surface area (Å²) >= 11 is 0. The van der Waals surface area contributed by atoms with E-state index in [1.54, 1.807) is 78.9 Å². The molecular formula is C27H14O6. The topological polar surface area (TPSA) is 90.6 Å². The van der Waals surface area contributed by atoms with E-state index in [2.05, 4.69) is 0 Å². The van der Waals surface area contributed by atoms with E-state index in [1.165, 1.54) is 0 Å². The van der Waals surface area contributed by atoms with Crippen LogP contribution in [0, 0.1) is 0 Å². The van der Waals surface area contributed by atoms with Gasteiger partial charge in [0, 0.05) is 21.7 Å². The molecule has 158 valence electrons. The van der Waals surface area contributed by atoms with Crippen LogP contribution in [0.25, 0.3) is 55.2 Å². The summed E-state index contributed by atoms with van der Waals surface area (Å²) in [4.78, 5) is 39.2. The molecule has 3 aromatic carbocycles. The van der Waals surface area contributed by atoms with Gasteiger partial charge in [0.15, 0.2) is 0 Å². The highest BCUT2D eigenvalue weighted by atomic mass is 16.4. The quantitative estimate of drug-likeness (QED) is 0.342. The number of para-hydroxylation sites is 3. The summed E-state index contributed by atoms with van der Waals surface area (Å²) < 4.78 is 16.5. The number of rotatable bonds is 2.